The van der Waals surface area contributed by atoms with Gasteiger partial charge in [0.1, 0.15) is 0 Å². The third-order valence-corrected chi connectivity index (χ3v) is 3.85. The Morgan fingerprint density at radius 1 is 0.950 bits per heavy atom. The van der Waals surface area contributed by atoms with Crippen LogP contribution in [0.5, 0.6) is 0 Å². The van der Waals surface area contributed by atoms with Crippen LogP contribution in [0.1, 0.15) is 11.1 Å². The predicted octanol–water partition coefficient (Wildman–Crippen LogP) is 0.0501. The summed E-state index contributed by atoms with van der Waals surface area (Å²) >= 11 is 0. The SMILES string of the molecule is COCC1(COC)c2[c-]cccc2-c2ccccc21.[Li+]. The minimum Gasteiger partial charge on any atom is -0.383 e. The summed E-state index contributed by atoms with van der Waals surface area (Å²) in [5.74, 6) is 0. The molecule has 0 heterocycles. The molecule has 2 nitrogen and oxygen atoms in total. The number of hydrogen-bond donors (Lipinski definition) is 0. The van der Waals surface area contributed by atoms with Crippen LogP contribution in [-0.2, 0) is 14.9 Å². The van der Waals surface area contributed by atoms with Crippen LogP contribution >= 0.6 is 0 Å². The number of benzene rings is 2. The van der Waals surface area contributed by atoms with Crippen molar-refractivity contribution in [2.75, 3.05) is 27.4 Å². The van der Waals surface area contributed by atoms with Gasteiger partial charge in [0.2, 0.25) is 0 Å². The first-order valence-electron chi connectivity index (χ1n) is 6.42. The van der Waals surface area contributed by atoms with Gasteiger partial charge in [-0.2, -0.15) is 24.3 Å². The summed E-state index contributed by atoms with van der Waals surface area (Å²) in [5.41, 5.74) is 4.73. The molecule has 2 aromatic carbocycles. The second-order valence-electron chi connectivity index (χ2n) is 4.95. The summed E-state index contributed by atoms with van der Waals surface area (Å²) in [5, 5.41) is 0. The van der Waals surface area contributed by atoms with Gasteiger partial charge in [-0.15, -0.1) is 11.1 Å². The van der Waals surface area contributed by atoms with Crippen molar-refractivity contribution in [1.82, 2.24) is 0 Å². The van der Waals surface area contributed by atoms with Crippen LogP contribution in [0.2, 0.25) is 0 Å². The van der Waals surface area contributed by atoms with Gasteiger partial charge in [-0.3, -0.25) is 0 Å². The van der Waals surface area contributed by atoms with Gasteiger partial charge in [-0.05, 0) is 5.56 Å². The van der Waals surface area contributed by atoms with E-state index in [9.17, 15) is 0 Å². The van der Waals surface area contributed by atoms with E-state index in [1.807, 2.05) is 12.1 Å². The molecule has 0 saturated heterocycles. The van der Waals surface area contributed by atoms with Crippen LogP contribution in [0.15, 0.2) is 42.5 Å². The molecule has 2 aromatic rings. The van der Waals surface area contributed by atoms with E-state index in [2.05, 4.69) is 36.4 Å². The van der Waals surface area contributed by atoms with Crippen LogP contribution in [0.4, 0.5) is 0 Å². The molecule has 1 aliphatic carbocycles. The van der Waals surface area contributed by atoms with E-state index >= 15 is 0 Å². The zero-order valence-electron chi connectivity index (χ0n) is 12.3. The van der Waals surface area contributed by atoms with Crippen molar-refractivity contribution in [1.29, 1.82) is 0 Å². The number of ether oxygens (including phenoxy) is 2. The maximum Gasteiger partial charge on any atom is 1.00 e. The summed E-state index contributed by atoms with van der Waals surface area (Å²) in [6.45, 7) is 1.21. The smallest absolute Gasteiger partial charge is 0.383 e. The Balaban J connectivity index is 0.00000147. The fourth-order valence-corrected chi connectivity index (χ4v) is 3.16. The quantitative estimate of drug-likeness (QED) is 0.571. The Morgan fingerprint density at radius 3 is 2.30 bits per heavy atom. The molecule has 0 amide bonds. The molecule has 0 unspecified atom stereocenters. The maximum atomic E-state index is 5.50. The van der Waals surface area contributed by atoms with Crippen molar-refractivity contribution >= 4 is 0 Å². The molecule has 0 aliphatic heterocycles. The molecule has 1 aliphatic rings. The van der Waals surface area contributed by atoms with E-state index in [4.69, 9.17) is 9.47 Å². The fraction of sp³-hybridized carbons (Fsp3) is 0.294. The van der Waals surface area contributed by atoms with Crippen molar-refractivity contribution in [3.05, 3.63) is 59.7 Å². The largest absolute Gasteiger partial charge is 1.00 e. The standard InChI is InChI=1S/C17H17O2.Li/c1-18-11-17(12-19-2)15-9-5-3-7-13(15)14-8-4-6-10-16(14)17;/h3-9H,11-12H2,1-2H3;/q-1;+1. The third kappa shape index (κ3) is 2.14. The first kappa shape index (κ1) is 15.3. The molecule has 3 heteroatoms. The van der Waals surface area contributed by atoms with E-state index in [-0.39, 0.29) is 24.3 Å². The Bertz CT molecular complexity index is 542. The van der Waals surface area contributed by atoms with Gasteiger partial charge >= 0.3 is 18.9 Å². The van der Waals surface area contributed by atoms with E-state index < -0.39 is 0 Å². The topological polar surface area (TPSA) is 18.5 Å². The Labute approximate surface area is 132 Å². The Morgan fingerprint density at radius 2 is 1.60 bits per heavy atom. The number of fused-ring (bicyclic) bond motifs is 3. The van der Waals surface area contributed by atoms with Gasteiger partial charge in [0.05, 0.1) is 13.2 Å². The van der Waals surface area contributed by atoms with E-state index in [1.165, 1.54) is 22.3 Å². The van der Waals surface area contributed by atoms with Gasteiger partial charge in [-0.1, -0.05) is 29.8 Å². The zero-order valence-corrected chi connectivity index (χ0v) is 12.3. The van der Waals surface area contributed by atoms with Gasteiger partial charge in [-0.25, -0.2) is 0 Å². The molecule has 0 atom stereocenters. The summed E-state index contributed by atoms with van der Waals surface area (Å²) < 4.78 is 11.0. The minimum atomic E-state index is -0.239. The normalized spacial score (nSPS) is 14.3. The second kappa shape index (κ2) is 6.16. The van der Waals surface area contributed by atoms with E-state index in [1.54, 1.807) is 14.2 Å². The molecule has 0 radical (unpaired) electrons. The summed E-state index contributed by atoms with van der Waals surface area (Å²) in [7, 11) is 3.47. The molecule has 0 N–H and O–H groups in total. The first-order chi connectivity index (χ1) is 9.33. The van der Waals surface area contributed by atoms with Gasteiger partial charge in [0.15, 0.2) is 0 Å². The molecule has 20 heavy (non-hydrogen) atoms. The molecular formula is C17H17LiO2. The van der Waals surface area contributed by atoms with Crippen molar-refractivity contribution in [2.45, 2.75) is 5.41 Å². The van der Waals surface area contributed by atoms with Crippen LogP contribution in [0, 0.1) is 6.07 Å². The first-order valence-corrected chi connectivity index (χ1v) is 6.42. The van der Waals surface area contributed by atoms with Crippen molar-refractivity contribution in [2.24, 2.45) is 0 Å². The third-order valence-electron chi connectivity index (χ3n) is 3.85. The summed E-state index contributed by atoms with van der Waals surface area (Å²) in [4.78, 5) is 0. The second-order valence-corrected chi connectivity index (χ2v) is 4.95. The van der Waals surface area contributed by atoms with Crippen molar-refractivity contribution in [3.8, 4) is 11.1 Å². The Kier molecular flexibility index (Phi) is 4.73. The van der Waals surface area contributed by atoms with Gasteiger partial charge in [0.25, 0.3) is 0 Å². The number of rotatable bonds is 4. The molecule has 0 fully saturated rings. The number of methoxy groups -OCH3 is 2. The predicted molar refractivity (Wildman–Crippen MR) is 75.2 cm³/mol. The van der Waals surface area contributed by atoms with E-state index in [0.29, 0.717) is 13.2 Å². The maximum absolute atomic E-state index is 5.50. The van der Waals surface area contributed by atoms with Crippen molar-refractivity contribution in [3.63, 3.8) is 0 Å². The van der Waals surface area contributed by atoms with Gasteiger partial charge in [0, 0.05) is 19.6 Å². The molecule has 0 aromatic heterocycles. The van der Waals surface area contributed by atoms with Crippen LogP contribution < -0.4 is 18.9 Å². The van der Waals surface area contributed by atoms with Gasteiger partial charge < -0.3 is 9.47 Å². The Hall–Kier alpha value is -1.04. The van der Waals surface area contributed by atoms with Crippen LogP contribution in [-0.4, -0.2) is 27.4 Å². The molecule has 3 rings (SSSR count). The summed E-state index contributed by atoms with van der Waals surface area (Å²) in [6, 6.07) is 18.0. The zero-order chi connectivity index (χ0) is 13.3. The van der Waals surface area contributed by atoms with E-state index in [0.717, 1.165) is 0 Å². The molecular weight excluding hydrogens is 243 g/mol. The van der Waals surface area contributed by atoms with Crippen LogP contribution in [0.25, 0.3) is 11.1 Å². The monoisotopic (exact) mass is 260 g/mol. The minimum absolute atomic E-state index is 0. The number of hydrogen-bond acceptors (Lipinski definition) is 2. The fourth-order valence-electron chi connectivity index (χ4n) is 3.16. The average Bonchev–Trinajstić information content (AvgIpc) is 2.72. The molecule has 0 bridgehead atoms. The summed E-state index contributed by atoms with van der Waals surface area (Å²) in [6.07, 6.45) is 0. The molecule has 98 valence electrons. The molecule has 0 spiro atoms. The average molecular weight is 260 g/mol. The van der Waals surface area contributed by atoms with Crippen molar-refractivity contribution < 1.29 is 28.3 Å². The molecule has 0 saturated carbocycles. The van der Waals surface area contributed by atoms with Crippen LogP contribution in [0.3, 0.4) is 0 Å².